The summed E-state index contributed by atoms with van der Waals surface area (Å²) in [6.07, 6.45) is 0.510. The summed E-state index contributed by atoms with van der Waals surface area (Å²) in [5.74, 6) is -4.54. The summed E-state index contributed by atoms with van der Waals surface area (Å²) < 4.78 is 25.6. The molecule has 16 nitrogen and oxygen atoms in total. The zero-order chi connectivity index (χ0) is 33.2. The number of carboxylic acid groups (broad SMARTS) is 2. The number of hydrogen-bond acceptors (Lipinski definition) is 11. The zero-order valence-electron chi connectivity index (χ0n) is 23.9. The van der Waals surface area contributed by atoms with E-state index >= 15 is 0 Å². The summed E-state index contributed by atoms with van der Waals surface area (Å²) in [4.78, 5) is 60.0. The zero-order valence-corrected chi connectivity index (χ0v) is 25.5. The number of aliphatic carboxylic acids is 2. The Morgan fingerprint density at radius 3 is 2.32 bits per heavy atom. The third kappa shape index (κ3) is 10.6. The highest BCUT2D eigenvalue weighted by Gasteiger charge is 2.25. The molecule has 2 aromatic carbocycles. The molecule has 0 bridgehead atoms. The number of carbonyl (C=O) groups excluding carboxylic acids is 2. The number of rotatable bonds is 16. The molecule has 0 radical (unpaired) electrons. The van der Waals surface area contributed by atoms with Crippen LogP contribution in [0, 0.1) is 30.9 Å². The fourth-order valence-electron chi connectivity index (χ4n) is 4.00. The van der Waals surface area contributed by atoms with E-state index in [0.717, 1.165) is 29.6 Å². The Balaban J connectivity index is 2.20. The van der Waals surface area contributed by atoms with E-state index in [-0.39, 0.29) is 33.9 Å². The van der Waals surface area contributed by atoms with Crippen molar-refractivity contribution < 1.29 is 42.7 Å². The van der Waals surface area contributed by atoms with Crippen molar-refractivity contribution in [3.05, 3.63) is 62.7 Å². The number of thioether (sulfide) groups is 1. The number of benzene rings is 2. The van der Waals surface area contributed by atoms with Crippen LogP contribution in [-0.4, -0.2) is 77.9 Å². The van der Waals surface area contributed by atoms with E-state index < -0.39 is 63.0 Å². The smallest absolute Gasteiger partial charge is 0.322 e. The summed E-state index contributed by atoms with van der Waals surface area (Å²) in [5.41, 5.74) is 7.10. The predicted octanol–water partition coefficient (Wildman–Crippen LogP) is 0.802. The van der Waals surface area contributed by atoms with Gasteiger partial charge in [0, 0.05) is 23.8 Å². The van der Waals surface area contributed by atoms with Crippen molar-refractivity contribution in [3.63, 3.8) is 0 Å². The van der Waals surface area contributed by atoms with Crippen molar-refractivity contribution in [1.82, 2.24) is 15.5 Å². The molecule has 7 N–H and O–H groups in total. The Kier molecular flexibility index (Phi) is 12.8. The van der Waals surface area contributed by atoms with Crippen LogP contribution in [0.4, 0.5) is 5.69 Å². The van der Waals surface area contributed by atoms with Crippen LogP contribution >= 0.6 is 11.8 Å². The van der Waals surface area contributed by atoms with Gasteiger partial charge in [0.25, 0.3) is 15.7 Å². The highest BCUT2D eigenvalue weighted by molar-refractivity contribution is 7.99. The second-order valence-corrected chi connectivity index (χ2v) is 12.3. The third-order valence-electron chi connectivity index (χ3n) is 5.91. The van der Waals surface area contributed by atoms with Crippen LogP contribution in [0.1, 0.15) is 35.1 Å². The molecule has 0 heterocycles. The third-order valence-corrected chi connectivity index (χ3v) is 8.59. The van der Waals surface area contributed by atoms with Crippen LogP contribution in [0.5, 0.6) is 0 Å². The summed E-state index contributed by atoms with van der Waals surface area (Å²) >= 11 is 0.816. The minimum Gasteiger partial charge on any atom is -0.480 e. The van der Waals surface area contributed by atoms with Gasteiger partial charge in [-0.05, 0) is 44.4 Å². The maximum atomic E-state index is 12.8. The van der Waals surface area contributed by atoms with Crippen molar-refractivity contribution in [2.45, 2.75) is 55.5 Å². The van der Waals surface area contributed by atoms with Gasteiger partial charge in [0.15, 0.2) is 0 Å². The van der Waals surface area contributed by atoms with Gasteiger partial charge >= 0.3 is 11.9 Å². The number of nitro benzene ring substituents is 1. The fourth-order valence-corrected chi connectivity index (χ4v) is 6.28. The van der Waals surface area contributed by atoms with Crippen LogP contribution in [-0.2, 0) is 29.2 Å². The van der Waals surface area contributed by atoms with E-state index in [4.69, 9.17) is 15.9 Å². The molecule has 18 heteroatoms. The number of carboxylic acids is 2. The number of nitro groups is 1. The van der Waals surface area contributed by atoms with Gasteiger partial charge in [0.2, 0.25) is 11.8 Å². The largest absolute Gasteiger partial charge is 0.480 e. The molecular weight excluding hydrogens is 620 g/mol. The predicted molar refractivity (Wildman–Crippen MR) is 160 cm³/mol. The standard InChI is InChI=1S/C26H32N6O10S2/c1-14-8-15(2)24(16(3)9-14)44(41,42)31-29-11-17-4-6-21(20(10-17)32(39)40)43-13-19(25(36)28-12-23(34)35)30-22(33)7-5-18(27)26(37)38/h4,6,8-11,18-19,31H,5,7,12-13,27H2,1-3H3,(H,28,36)(H,30,33)(H,34,35)(H,37,38)/b29-11+/t18-,19-/m0/s1. The molecule has 2 amide bonds. The molecule has 0 aliphatic carbocycles. The number of hydrazone groups is 1. The second-order valence-electron chi connectivity index (χ2n) is 9.59. The SMILES string of the molecule is Cc1cc(C)c(S(=O)(=O)N/N=C/c2ccc(SC[C@H](NC(=O)CC[C@H](N)C(=O)O)C(=O)NCC(=O)O)c([N+](=O)[O-])c2)c(C)c1. The van der Waals surface area contributed by atoms with Gasteiger partial charge in [0.05, 0.1) is 20.9 Å². The topological polar surface area (TPSA) is 260 Å². The lowest BCUT2D eigenvalue weighted by Gasteiger charge is -2.18. The summed E-state index contributed by atoms with van der Waals surface area (Å²) in [6.45, 7) is 4.39. The molecule has 0 fully saturated rings. The van der Waals surface area contributed by atoms with E-state index in [2.05, 4.69) is 20.6 Å². The number of sulfonamides is 1. The molecular formula is C26H32N6O10S2. The maximum Gasteiger partial charge on any atom is 0.322 e. The first-order chi connectivity index (χ1) is 20.5. The van der Waals surface area contributed by atoms with Gasteiger partial charge in [0.1, 0.15) is 18.6 Å². The Labute approximate surface area is 256 Å². The molecule has 0 saturated carbocycles. The molecule has 2 atom stereocenters. The number of hydrogen-bond donors (Lipinski definition) is 6. The molecule has 238 valence electrons. The summed E-state index contributed by atoms with van der Waals surface area (Å²) in [5, 5.41) is 37.7. The number of nitrogens with two attached hydrogens (primary N) is 1. The molecule has 0 aliphatic heterocycles. The van der Waals surface area contributed by atoms with E-state index in [1.54, 1.807) is 26.0 Å². The maximum absolute atomic E-state index is 12.8. The van der Waals surface area contributed by atoms with Crippen LogP contribution < -0.4 is 21.2 Å². The number of carbonyl (C=O) groups is 4. The number of aryl methyl sites for hydroxylation is 3. The van der Waals surface area contributed by atoms with Crippen molar-refractivity contribution in [2.24, 2.45) is 10.8 Å². The summed E-state index contributed by atoms with van der Waals surface area (Å²) in [7, 11) is -4.03. The Morgan fingerprint density at radius 2 is 1.75 bits per heavy atom. The number of amides is 2. The Hall–Kier alpha value is -4.55. The molecule has 2 aromatic rings. The van der Waals surface area contributed by atoms with Crippen LogP contribution in [0.25, 0.3) is 0 Å². The molecule has 0 saturated heterocycles. The van der Waals surface area contributed by atoms with E-state index in [1.807, 2.05) is 6.92 Å². The van der Waals surface area contributed by atoms with Crippen molar-refractivity contribution in [1.29, 1.82) is 0 Å². The van der Waals surface area contributed by atoms with E-state index in [0.29, 0.717) is 11.1 Å². The minimum absolute atomic E-state index is 0.0664. The van der Waals surface area contributed by atoms with Crippen molar-refractivity contribution in [3.8, 4) is 0 Å². The van der Waals surface area contributed by atoms with Gasteiger partial charge < -0.3 is 26.6 Å². The molecule has 0 aromatic heterocycles. The lowest BCUT2D eigenvalue weighted by Crippen LogP contribution is -2.49. The molecule has 2 rings (SSSR count). The monoisotopic (exact) mass is 652 g/mol. The normalized spacial score (nSPS) is 12.7. The molecule has 44 heavy (non-hydrogen) atoms. The molecule has 0 aliphatic rings. The Bertz CT molecular complexity index is 1560. The van der Waals surface area contributed by atoms with E-state index in [1.165, 1.54) is 12.1 Å². The average molecular weight is 653 g/mol. The second kappa shape index (κ2) is 15.8. The van der Waals surface area contributed by atoms with Crippen LogP contribution in [0.15, 0.2) is 45.2 Å². The van der Waals surface area contributed by atoms with Gasteiger partial charge in [-0.15, -0.1) is 11.8 Å². The Morgan fingerprint density at radius 1 is 1.11 bits per heavy atom. The molecule has 0 spiro atoms. The van der Waals surface area contributed by atoms with Gasteiger partial charge in [-0.1, -0.05) is 23.8 Å². The van der Waals surface area contributed by atoms with E-state index in [9.17, 15) is 37.7 Å². The first kappa shape index (κ1) is 35.6. The summed E-state index contributed by atoms with van der Waals surface area (Å²) in [6, 6.07) is 4.67. The van der Waals surface area contributed by atoms with Gasteiger partial charge in [-0.25, -0.2) is 4.83 Å². The highest BCUT2D eigenvalue weighted by Crippen LogP contribution is 2.30. The van der Waals surface area contributed by atoms with Crippen LogP contribution in [0.3, 0.4) is 0 Å². The number of nitrogens with one attached hydrogen (secondary N) is 3. The minimum atomic E-state index is -4.03. The van der Waals surface area contributed by atoms with Gasteiger partial charge in [-0.2, -0.15) is 13.5 Å². The first-order valence-electron chi connectivity index (χ1n) is 12.8. The fraction of sp³-hybridized carbons (Fsp3) is 0.346. The highest BCUT2D eigenvalue weighted by atomic mass is 32.2. The average Bonchev–Trinajstić information content (AvgIpc) is 2.91. The van der Waals surface area contributed by atoms with Crippen molar-refractivity contribution in [2.75, 3.05) is 12.3 Å². The molecule has 0 unspecified atom stereocenters. The lowest BCUT2D eigenvalue weighted by molar-refractivity contribution is -0.387. The van der Waals surface area contributed by atoms with Crippen LogP contribution in [0.2, 0.25) is 0 Å². The first-order valence-corrected chi connectivity index (χ1v) is 15.3. The number of nitrogens with zero attached hydrogens (tertiary/aromatic N) is 2. The van der Waals surface area contributed by atoms with Crippen molar-refractivity contribution >= 4 is 57.4 Å². The lowest BCUT2D eigenvalue weighted by atomic mass is 10.1. The van der Waals surface area contributed by atoms with Gasteiger partial charge in [-0.3, -0.25) is 29.3 Å². The quantitative estimate of drug-likeness (QED) is 0.0637.